The van der Waals surface area contributed by atoms with Gasteiger partial charge in [0, 0.05) is 34.6 Å². The Morgan fingerprint density at radius 1 is 1.09 bits per heavy atom. The van der Waals surface area contributed by atoms with E-state index in [4.69, 9.17) is 5.73 Å². The molecule has 0 bridgehead atoms. The summed E-state index contributed by atoms with van der Waals surface area (Å²) in [4.78, 5) is 31.6. The van der Waals surface area contributed by atoms with Crippen molar-refractivity contribution in [1.82, 2.24) is 9.97 Å². The molecule has 0 fully saturated rings. The minimum absolute atomic E-state index is 0.00958. The fraction of sp³-hybridized carbons (Fsp3) is 0.136. The van der Waals surface area contributed by atoms with Gasteiger partial charge in [-0.1, -0.05) is 11.8 Å². The summed E-state index contributed by atoms with van der Waals surface area (Å²) in [6.07, 6.45) is 0. The number of ketones is 1. The zero-order chi connectivity index (χ0) is 23.4. The molecule has 3 rings (SSSR count). The minimum atomic E-state index is -0.546. The van der Waals surface area contributed by atoms with Crippen LogP contribution in [-0.4, -0.2) is 26.4 Å². The first-order valence-electron chi connectivity index (χ1n) is 9.25. The number of anilines is 1. The van der Waals surface area contributed by atoms with Gasteiger partial charge in [0.15, 0.2) is 5.78 Å². The van der Waals surface area contributed by atoms with E-state index in [1.165, 1.54) is 24.3 Å². The Balaban J connectivity index is 2.02. The molecule has 0 aliphatic heterocycles. The summed E-state index contributed by atoms with van der Waals surface area (Å²) in [6.45, 7) is 3.58. The average molecular weight is 444 g/mol. The molecule has 32 heavy (non-hydrogen) atoms. The smallest absolute Gasteiger partial charge is 0.269 e. The number of nitro benzene ring substituents is 1. The quantitative estimate of drug-likeness (QED) is 0.257. The van der Waals surface area contributed by atoms with Crippen molar-refractivity contribution in [1.29, 1.82) is 10.5 Å². The van der Waals surface area contributed by atoms with Gasteiger partial charge in [-0.15, -0.1) is 0 Å². The van der Waals surface area contributed by atoms with Crippen LogP contribution >= 0.6 is 11.8 Å². The molecule has 1 aromatic carbocycles. The van der Waals surface area contributed by atoms with Crippen molar-refractivity contribution in [3.05, 3.63) is 74.6 Å². The summed E-state index contributed by atoms with van der Waals surface area (Å²) >= 11 is 1.03. The highest BCUT2D eigenvalue weighted by Crippen LogP contribution is 2.36. The molecule has 0 spiro atoms. The normalized spacial score (nSPS) is 10.2. The van der Waals surface area contributed by atoms with Crippen LogP contribution in [-0.2, 0) is 0 Å². The lowest BCUT2D eigenvalue weighted by atomic mass is 9.97. The number of Topliss-reactive ketones (excluding diaryl/α,β-unsaturated/α-hetero) is 1. The number of thioether (sulfide) groups is 1. The van der Waals surface area contributed by atoms with E-state index in [9.17, 15) is 25.4 Å². The molecular formula is C22H16N6O3S. The number of carbonyl (C=O) groups excluding carboxylic acids is 1. The Labute approximate surface area is 187 Å². The van der Waals surface area contributed by atoms with Crippen molar-refractivity contribution in [2.45, 2.75) is 18.9 Å². The van der Waals surface area contributed by atoms with Crippen LogP contribution in [0.1, 0.15) is 32.9 Å². The highest BCUT2D eigenvalue weighted by Gasteiger charge is 2.22. The fourth-order valence-corrected chi connectivity index (χ4v) is 4.01. The number of aryl methyl sites for hydroxylation is 2. The van der Waals surface area contributed by atoms with Crippen LogP contribution in [0.25, 0.3) is 11.1 Å². The van der Waals surface area contributed by atoms with Gasteiger partial charge in [-0.3, -0.25) is 19.9 Å². The van der Waals surface area contributed by atoms with Gasteiger partial charge in [-0.2, -0.15) is 10.5 Å². The van der Waals surface area contributed by atoms with E-state index in [0.717, 1.165) is 17.5 Å². The molecule has 0 aliphatic rings. The van der Waals surface area contributed by atoms with Crippen LogP contribution in [0.15, 0.2) is 41.4 Å². The number of benzene rings is 1. The first-order chi connectivity index (χ1) is 15.3. The summed E-state index contributed by atoms with van der Waals surface area (Å²) in [5, 5.41) is 30.5. The van der Waals surface area contributed by atoms with Crippen LogP contribution in [0.2, 0.25) is 0 Å². The van der Waals surface area contributed by atoms with E-state index in [0.29, 0.717) is 16.8 Å². The van der Waals surface area contributed by atoms with Crippen LogP contribution in [0.5, 0.6) is 0 Å². The van der Waals surface area contributed by atoms with E-state index in [1.807, 2.05) is 19.1 Å². The highest BCUT2D eigenvalue weighted by molar-refractivity contribution is 8.00. The first kappa shape index (κ1) is 22.4. The molecule has 2 N–H and O–H groups in total. The first-order valence-corrected chi connectivity index (χ1v) is 10.2. The molecular weight excluding hydrogens is 428 g/mol. The van der Waals surface area contributed by atoms with Gasteiger partial charge in [0.2, 0.25) is 0 Å². The summed E-state index contributed by atoms with van der Waals surface area (Å²) in [7, 11) is 0. The lowest BCUT2D eigenvalue weighted by Gasteiger charge is -2.13. The third-order valence-corrected chi connectivity index (χ3v) is 5.62. The molecule has 10 heteroatoms. The zero-order valence-corrected chi connectivity index (χ0v) is 17.9. The maximum absolute atomic E-state index is 12.7. The molecule has 0 radical (unpaired) electrons. The van der Waals surface area contributed by atoms with Crippen molar-refractivity contribution >= 4 is 29.1 Å². The van der Waals surface area contributed by atoms with Crippen molar-refractivity contribution in [2.75, 3.05) is 11.5 Å². The van der Waals surface area contributed by atoms with Gasteiger partial charge in [0.1, 0.15) is 28.5 Å². The predicted molar refractivity (Wildman–Crippen MR) is 119 cm³/mol. The van der Waals surface area contributed by atoms with E-state index in [-0.39, 0.29) is 44.8 Å². The number of nitrogens with zero attached hydrogens (tertiary/aromatic N) is 5. The third kappa shape index (κ3) is 4.41. The van der Waals surface area contributed by atoms with Gasteiger partial charge in [0.25, 0.3) is 5.69 Å². The van der Waals surface area contributed by atoms with E-state index < -0.39 is 4.92 Å². The van der Waals surface area contributed by atoms with E-state index in [1.54, 1.807) is 19.1 Å². The fourth-order valence-electron chi connectivity index (χ4n) is 3.13. The largest absolute Gasteiger partial charge is 0.383 e. The van der Waals surface area contributed by atoms with Crippen LogP contribution in [0.4, 0.5) is 11.5 Å². The van der Waals surface area contributed by atoms with Crippen LogP contribution < -0.4 is 5.73 Å². The van der Waals surface area contributed by atoms with Gasteiger partial charge in [-0.05, 0) is 43.7 Å². The lowest BCUT2D eigenvalue weighted by Crippen LogP contribution is -2.08. The second-order valence-electron chi connectivity index (χ2n) is 6.75. The monoisotopic (exact) mass is 444 g/mol. The Kier molecular flexibility index (Phi) is 6.47. The number of hydrogen-bond acceptors (Lipinski definition) is 9. The number of carbonyl (C=O) groups is 1. The average Bonchev–Trinajstić information content (AvgIpc) is 2.77. The molecule has 0 saturated carbocycles. The zero-order valence-electron chi connectivity index (χ0n) is 17.1. The topological polar surface area (TPSA) is 160 Å². The maximum atomic E-state index is 12.7. The molecule has 2 heterocycles. The molecule has 0 atom stereocenters. The number of rotatable bonds is 6. The third-order valence-electron chi connectivity index (χ3n) is 4.65. The number of nitrogens with two attached hydrogens (primary N) is 1. The number of nitro groups is 1. The van der Waals surface area contributed by atoms with Gasteiger partial charge in [-0.25, -0.2) is 4.98 Å². The number of nitrogen functional groups attached to an aromatic ring is 1. The van der Waals surface area contributed by atoms with Crippen molar-refractivity contribution < 1.29 is 9.72 Å². The van der Waals surface area contributed by atoms with Crippen LogP contribution in [0.3, 0.4) is 0 Å². The molecule has 0 unspecified atom stereocenters. The number of pyridine rings is 2. The van der Waals surface area contributed by atoms with Gasteiger partial charge >= 0.3 is 0 Å². The Bertz CT molecular complexity index is 1320. The molecule has 0 aliphatic carbocycles. The Hall–Kier alpha value is -4.28. The van der Waals surface area contributed by atoms with E-state index >= 15 is 0 Å². The second kappa shape index (κ2) is 9.25. The molecule has 2 aromatic heterocycles. The highest BCUT2D eigenvalue weighted by atomic mass is 32.2. The molecule has 3 aromatic rings. The van der Waals surface area contributed by atoms with Gasteiger partial charge < -0.3 is 5.73 Å². The number of nitriles is 2. The maximum Gasteiger partial charge on any atom is 0.269 e. The lowest BCUT2D eigenvalue weighted by molar-refractivity contribution is -0.384. The van der Waals surface area contributed by atoms with Crippen molar-refractivity contribution in [2.24, 2.45) is 0 Å². The second-order valence-corrected chi connectivity index (χ2v) is 7.72. The van der Waals surface area contributed by atoms with Crippen molar-refractivity contribution in [3.63, 3.8) is 0 Å². The summed E-state index contributed by atoms with van der Waals surface area (Å²) < 4.78 is 0. The van der Waals surface area contributed by atoms with Crippen molar-refractivity contribution in [3.8, 4) is 23.3 Å². The molecule has 0 saturated heterocycles. The Morgan fingerprint density at radius 2 is 1.75 bits per heavy atom. The molecule has 9 nitrogen and oxygen atoms in total. The van der Waals surface area contributed by atoms with Gasteiger partial charge in [0.05, 0.1) is 16.2 Å². The Morgan fingerprint density at radius 3 is 2.31 bits per heavy atom. The number of non-ortho nitro benzene ring substituents is 1. The SMILES string of the molecule is Cc1ccc(C(=O)CSc2nc(N)c(C#N)c(-c3ccc([N+](=O)[O-])cc3)c2C#N)c(C)n1. The molecule has 0 amide bonds. The summed E-state index contributed by atoms with van der Waals surface area (Å²) in [5.41, 5.74) is 8.41. The number of aromatic nitrogens is 2. The summed E-state index contributed by atoms with van der Waals surface area (Å²) in [6, 6.07) is 12.9. The molecule has 158 valence electrons. The predicted octanol–water partition coefficient (Wildman–Crippen LogP) is 3.97. The van der Waals surface area contributed by atoms with Crippen LogP contribution in [0, 0.1) is 46.6 Å². The number of hydrogen-bond donors (Lipinski definition) is 1. The minimum Gasteiger partial charge on any atom is -0.383 e. The standard InChI is InChI=1S/C22H16N6O3S/c1-12-3-8-16(13(2)26-12)19(29)11-32-22-18(10-24)20(17(9-23)21(25)27-22)14-4-6-15(7-5-14)28(30)31/h3-8H,11H2,1-2H3,(H2,25,27). The summed E-state index contributed by atoms with van der Waals surface area (Å²) in [5.74, 6) is -0.299. The van der Waals surface area contributed by atoms with E-state index in [2.05, 4.69) is 9.97 Å².